The van der Waals surface area contributed by atoms with Crippen LogP contribution in [0.5, 0.6) is 0 Å². The molecule has 0 saturated heterocycles. The van der Waals surface area contributed by atoms with E-state index in [-0.39, 0.29) is 11.7 Å². The van der Waals surface area contributed by atoms with Crippen LogP contribution < -0.4 is 5.32 Å². The Hall–Kier alpha value is -1.87. The van der Waals surface area contributed by atoms with E-state index >= 15 is 0 Å². The van der Waals surface area contributed by atoms with E-state index in [1.54, 1.807) is 30.3 Å². The number of rotatable bonds is 3. The van der Waals surface area contributed by atoms with Gasteiger partial charge in [-0.15, -0.1) is 0 Å². The van der Waals surface area contributed by atoms with Crippen LogP contribution in [0.2, 0.25) is 5.02 Å². The lowest BCUT2D eigenvalue weighted by molar-refractivity contribution is -0.117. The second-order valence-electron chi connectivity index (χ2n) is 6.06. The first kappa shape index (κ1) is 18.5. The molecule has 0 aromatic heterocycles. The van der Waals surface area contributed by atoms with Crippen LogP contribution >= 0.6 is 11.6 Å². The number of carbonyl (C=O) groups excluding carboxylic acids is 1. The molecule has 1 N–H and O–H groups in total. The van der Waals surface area contributed by atoms with Gasteiger partial charge in [0.25, 0.3) is 0 Å². The van der Waals surface area contributed by atoms with Crippen LogP contribution in [0.4, 0.5) is 10.1 Å². The Morgan fingerprint density at radius 2 is 1.62 bits per heavy atom. The number of hydrogen-bond acceptors (Lipinski definition) is 1. The zero-order chi connectivity index (χ0) is 17.2. The van der Waals surface area contributed by atoms with Crippen molar-refractivity contribution in [3.8, 4) is 0 Å². The van der Waals surface area contributed by atoms with Crippen molar-refractivity contribution in [3.05, 3.63) is 65.4 Å². The van der Waals surface area contributed by atoms with Gasteiger partial charge in [-0.2, -0.15) is 0 Å². The van der Waals surface area contributed by atoms with Gasteiger partial charge in [-0.25, -0.2) is 4.39 Å². The molecule has 1 aliphatic carbocycles. The fraction of sp³-hybridized carbons (Fsp3) is 0.350. The van der Waals surface area contributed by atoms with Crippen LogP contribution in [0.15, 0.2) is 54.6 Å². The monoisotopic (exact) mass is 347 g/mol. The van der Waals surface area contributed by atoms with Crippen LogP contribution in [0.1, 0.15) is 38.5 Å². The van der Waals surface area contributed by atoms with Gasteiger partial charge in [-0.1, -0.05) is 49.1 Å². The van der Waals surface area contributed by atoms with Crippen molar-refractivity contribution >= 4 is 23.2 Å². The quantitative estimate of drug-likeness (QED) is 0.716. The van der Waals surface area contributed by atoms with Crippen molar-refractivity contribution in [3.63, 3.8) is 0 Å². The molecule has 0 radical (unpaired) electrons. The molecule has 3 rings (SSSR count). The summed E-state index contributed by atoms with van der Waals surface area (Å²) >= 11 is 5.79. The van der Waals surface area contributed by atoms with E-state index in [1.165, 1.54) is 44.2 Å². The number of benzene rings is 2. The molecule has 2 nitrogen and oxygen atoms in total. The first-order chi connectivity index (χ1) is 11.6. The zero-order valence-corrected chi connectivity index (χ0v) is 14.4. The standard InChI is InChI=1S/C14H18ClNO.C6H5F/c15-12-6-8-13(9-7-12)16-14(17)10-11-4-2-1-3-5-11;7-6-4-2-1-3-5-6/h6-9,11H,1-5,10H2,(H,16,17);1-5H. The fourth-order valence-corrected chi connectivity index (χ4v) is 2.94. The summed E-state index contributed by atoms with van der Waals surface area (Å²) in [7, 11) is 0. The summed E-state index contributed by atoms with van der Waals surface area (Å²) < 4.78 is 11.9. The molecule has 0 aliphatic heterocycles. The molecular formula is C20H23ClFNO. The summed E-state index contributed by atoms with van der Waals surface area (Å²) in [6.45, 7) is 0. The molecule has 2 aromatic rings. The van der Waals surface area contributed by atoms with E-state index < -0.39 is 0 Å². The van der Waals surface area contributed by atoms with Crippen molar-refractivity contribution in [1.29, 1.82) is 0 Å². The smallest absolute Gasteiger partial charge is 0.224 e. The Morgan fingerprint density at radius 1 is 1.00 bits per heavy atom. The highest BCUT2D eigenvalue weighted by Crippen LogP contribution is 2.26. The Kier molecular flexibility index (Phi) is 7.76. The zero-order valence-electron chi connectivity index (χ0n) is 13.7. The van der Waals surface area contributed by atoms with Crippen molar-refractivity contribution in [2.24, 2.45) is 5.92 Å². The summed E-state index contributed by atoms with van der Waals surface area (Å²) in [4.78, 5) is 11.8. The number of hydrogen-bond donors (Lipinski definition) is 1. The number of carbonyl (C=O) groups is 1. The topological polar surface area (TPSA) is 29.1 Å². The van der Waals surface area contributed by atoms with Gasteiger partial charge in [-0.05, 0) is 55.2 Å². The Labute approximate surface area is 148 Å². The van der Waals surface area contributed by atoms with Gasteiger partial charge in [0.1, 0.15) is 5.82 Å². The third-order valence-electron chi connectivity index (χ3n) is 4.06. The predicted octanol–water partition coefficient (Wildman–Crippen LogP) is 6.07. The lowest BCUT2D eigenvalue weighted by Gasteiger charge is -2.20. The summed E-state index contributed by atoms with van der Waals surface area (Å²) in [5.74, 6) is 0.526. The first-order valence-corrected chi connectivity index (χ1v) is 8.77. The average molecular weight is 348 g/mol. The lowest BCUT2D eigenvalue weighted by atomic mass is 9.87. The Balaban J connectivity index is 0.000000249. The molecule has 0 unspecified atom stereocenters. The summed E-state index contributed by atoms with van der Waals surface area (Å²) in [5, 5.41) is 3.61. The highest BCUT2D eigenvalue weighted by molar-refractivity contribution is 6.30. The van der Waals surface area contributed by atoms with Crippen LogP contribution in [0.25, 0.3) is 0 Å². The first-order valence-electron chi connectivity index (χ1n) is 8.39. The maximum absolute atomic E-state index is 11.9. The van der Waals surface area contributed by atoms with Gasteiger partial charge in [0, 0.05) is 17.1 Å². The van der Waals surface area contributed by atoms with Gasteiger partial charge in [0.05, 0.1) is 0 Å². The fourth-order valence-electron chi connectivity index (χ4n) is 2.81. The van der Waals surface area contributed by atoms with E-state index in [0.717, 1.165) is 5.69 Å². The Bertz CT molecular complexity index is 609. The summed E-state index contributed by atoms with van der Waals surface area (Å²) in [5.41, 5.74) is 0.829. The van der Waals surface area contributed by atoms with Crippen LogP contribution in [0.3, 0.4) is 0 Å². The van der Waals surface area contributed by atoms with Gasteiger partial charge in [-0.3, -0.25) is 4.79 Å². The largest absolute Gasteiger partial charge is 0.326 e. The minimum atomic E-state index is -0.178. The molecule has 0 bridgehead atoms. The molecule has 0 spiro atoms. The molecule has 128 valence electrons. The van der Waals surface area contributed by atoms with Crippen molar-refractivity contribution < 1.29 is 9.18 Å². The summed E-state index contributed by atoms with van der Waals surface area (Å²) in [6, 6.07) is 15.2. The highest BCUT2D eigenvalue weighted by atomic mass is 35.5. The second kappa shape index (κ2) is 10.1. The predicted molar refractivity (Wildman–Crippen MR) is 97.7 cm³/mol. The molecule has 1 amide bonds. The van der Waals surface area contributed by atoms with E-state index in [4.69, 9.17) is 11.6 Å². The minimum absolute atomic E-state index is 0.124. The molecular weight excluding hydrogens is 325 g/mol. The second-order valence-corrected chi connectivity index (χ2v) is 6.50. The Morgan fingerprint density at radius 3 is 2.17 bits per heavy atom. The number of amides is 1. The third-order valence-corrected chi connectivity index (χ3v) is 4.31. The van der Waals surface area contributed by atoms with Gasteiger partial charge in [0.15, 0.2) is 0 Å². The van der Waals surface area contributed by atoms with Gasteiger partial charge >= 0.3 is 0 Å². The highest BCUT2D eigenvalue weighted by Gasteiger charge is 2.16. The SMILES string of the molecule is Fc1ccccc1.O=C(CC1CCCCC1)Nc1ccc(Cl)cc1. The van der Waals surface area contributed by atoms with E-state index in [2.05, 4.69) is 5.32 Å². The maximum Gasteiger partial charge on any atom is 0.224 e. The normalized spacial score (nSPS) is 14.4. The van der Waals surface area contributed by atoms with Crippen LogP contribution in [-0.2, 0) is 4.79 Å². The van der Waals surface area contributed by atoms with Crippen LogP contribution in [0, 0.1) is 11.7 Å². The average Bonchev–Trinajstić information content (AvgIpc) is 2.59. The van der Waals surface area contributed by atoms with E-state index in [0.29, 0.717) is 17.4 Å². The molecule has 4 heteroatoms. The number of halogens is 2. The van der Waals surface area contributed by atoms with Gasteiger partial charge < -0.3 is 5.32 Å². The minimum Gasteiger partial charge on any atom is -0.326 e. The third kappa shape index (κ3) is 7.14. The molecule has 0 atom stereocenters. The molecule has 1 aliphatic rings. The van der Waals surface area contributed by atoms with Crippen molar-refractivity contribution in [2.75, 3.05) is 5.32 Å². The molecule has 0 heterocycles. The molecule has 1 saturated carbocycles. The van der Waals surface area contributed by atoms with Gasteiger partial charge in [0.2, 0.25) is 5.91 Å². The molecule has 2 aromatic carbocycles. The van der Waals surface area contributed by atoms with Crippen molar-refractivity contribution in [1.82, 2.24) is 0 Å². The van der Waals surface area contributed by atoms with E-state index in [9.17, 15) is 9.18 Å². The number of anilines is 1. The van der Waals surface area contributed by atoms with Crippen molar-refractivity contribution in [2.45, 2.75) is 38.5 Å². The molecule has 24 heavy (non-hydrogen) atoms. The molecule has 1 fully saturated rings. The van der Waals surface area contributed by atoms with Crippen LogP contribution in [-0.4, -0.2) is 5.91 Å². The summed E-state index contributed by atoms with van der Waals surface area (Å²) in [6.07, 6.45) is 6.94. The maximum atomic E-state index is 11.9. The number of nitrogens with one attached hydrogen (secondary N) is 1. The van der Waals surface area contributed by atoms with E-state index in [1.807, 2.05) is 12.1 Å². The lowest BCUT2D eigenvalue weighted by Crippen LogP contribution is -2.18.